The average molecular weight is 306 g/mol. The van der Waals surface area contributed by atoms with Crippen LogP contribution < -0.4 is 10.5 Å². The molecule has 0 aliphatic carbocycles. The summed E-state index contributed by atoms with van der Waals surface area (Å²) in [4.78, 5) is 0.185. The molecule has 0 atom stereocenters. The Morgan fingerprint density at radius 2 is 2.05 bits per heavy atom. The van der Waals surface area contributed by atoms with E-state index in [1.54, 1.807) is 30.3 Å². The summed E-state index contributed by atoms with van der Waals surface area (Å²) in [5.41, 5.74) is 7.76. The molecule has 3 N–H and O–H groups in total. The van der Waals surface area contributed by atoms with Crippen molar-refractivity contribution in [1.82, 2.24) is 10.2 Å². The van der Waals surface area contributed by atoms with E-state index in [2.05, 4.69) is 14.9 Å². The number of nitrogen functional groups attached to an aromatic ring is 1. The second kappa shape index (κ2) is 4.73. The molecule has 20 heavy (non-hydrogen) atoms. The van der Waals surface area contributed by atoms with Gasteiger partial charge in [0, 0.05) is 11.1 Å². The van der Waals surface area contributed by atoms with E-state index in [9.17, 15) is 8.42 Å². The number of anilines is 2. The summed E-state index contributed by atoms with van der Waals surface area (Å²) in [5, 5.41) is 8.89. The van der Waals surface area contributed by atoms with Gasteiger partial charge in [-0.3, -0.25) is 4.72 Å². The molecular formula is C12H10N4O2S2. The lowest BCUT2D eigenvalue weighted by Crippen LogP contribution is -2.13. The molecule has 3 rings (SSSR count). The quantitative estimate of drug-likeness (QED) is 0.722. The van der Waals surface area contributed by atoms with Gasteiger partial charge in [0.05, 0.1) is 4.90 Å². The standard InChI is InChI=1S/C12H10N4O2S2/c13-9-4-5-10-8(6-9)2-1-3-11(10)20(17,18)16-12-15-14-7-19-12/h1-7H,13H2,(H,15,16). The maximum atomic E-state index is 12.4. The number of nitrogens with one attached hydrogen (secondary N) is 1. The van der Waals surface area contributed by atoms with Crippen LogP contribution in [-0.4, -0.2) is 18.6 Å². The van der Waals surface area contributed by atoms with Crippen molar-refractivity contribution in [3.63, 3.8) is 0 Å². The highest BCUT2D eigenvalue weighted by atomic mass is 32.2. The Labute approximate surface area is 119 Å². The van der Waals surface area contributed by atoms with Gasteiger partial charge in [0.1, 0.15) is 5.51 Å². The molecule has 0 unspecified atom stereocenters. The smallest absolute Gasteiger partial charge is 0.264 e. The van der Waals surface area contributed by atoms with Crippen LogP contribution in [0.1, 0.15) is 0 Å². The molecule has 0 aliphatic rings. The Hall–Kier alpha value is -2.19. The molecule has 102 valence electrons. The van der Waals surface area contributed by atoms with Gasteiger partial charge in [-0.1, -0.05) is 29.5 Å². The second-order valence-corrected chi connectivity index (χ2v) is 6.57. The molecule has 6 nitrogen and oxygen atoms in total. The first-order valence-corrected chi connectivity index (χ1v) is 8.00. The van der Waals surface area contributed by atoms with E-state index in [0.29, 0.717) is 11.1 Å². The molecule has 0 radical (unpaired) electrons. The summed E-state index contributed by atoms with van der Waals surface area (Å²) < 4.78 is 27.2. The highest BCUT2D eigenvalue weighted by molar-refractivity contribution is 7.93. The molecule has 0 saturated heterocycles. The number of aromatic nitrogens is 2. The largest absolute Gasteiger partial charge is 0.399 e. The van der Waals surface area contributed by atoms with Crippen molar-refractivity contribution in [3.05, 3.63) is 41.9 Å². The van der Waals surface area contributed by atoms with Crippen LogP contribution in [0, 0.1) is 0 Å². The van der Waals surface area contributed by atoms with Crippen LogP contribution in [0.5, 0.6) is 0 Å². The molecule has 0 aliphatic heterocycles. The van der Waals surface area contributed by atoms with E-state index < -0.39 is 10.0 Å². The monoisotopic (exact) mass is 306 g/mol. The van der Waals surface area contributed by atoms with Gasteiger partial charge in [0.25, 0.3) is 10.0 Å². The lowest BCUT2D eigenvalue weighted by molar-refractivity contribution is 0.602. The molecule has 0 fully saturated rings. The second-order valence-electron chi connectivity index (χ2n) is 4.09. The fourth-order valence-corrected chi connectivity index (χ4v) is 3.82. The number of sulfonamides is 1. The van der Waals surface area contributed by atoms with Crippen LogP contribution in [0.15, 0.2) is 46.8 Å². The van der Waals surface area contributed by atoms with Gasteiger partial charge in [-0.2, -0.15) is 0 Å². The van der Waals surface area contributed by atoms with Crippen LogP contribution in [0.25, 0.3) is 10.8 Å². The van der Waals surface area contributed by atoms with Crippen LogP contribution in [0.2, 0.25) is 0 Å². The van der Waals surface area contributed by atoms with Crippen LogP contribution in [-0.2, 0) is 10.0 Å². The molecule has 1 aromatic heterocycles. The molecule has 0 spiro atoms. The maximum Gasteiger partial charge on any atom is 0.264 e. The van der Waals surface area contributed by atoms with Gasteiger partial charge in [-0.05, 0) is 23.6 Å². The molecule has 0 amide bonds. The number of benzene rings is 2. The van der Waals surface area contributed by atoms with Gasteiger partial charge >= 0.3 is 0 Å². The Morgan fingerprint density at radius 1 is 1.20 bits per heavy atom. The van der Waals surface area contributed by atoms with E-state index in [1.165, 1.54) is 5.51 Å². The van der Waals surface area contributed by atoms with E-state index >= 15 is 0 Å². The van der Waals surface area contributed by atoms with Crippen LogP contribution >= 0.6 is 11.3 Å². The van der Waals surface area contributed by atoms with Crippen molar-refractivity contribution >= 4 is 43.0 Å². The summed E-state index contributed by atoms with van der Waals surface area (Å²) >= 11 is 1.12. The van der Waals surface area contributed by atoms with E-state index in [0.717, 1.165) is 16.7 Å². The first kappa shape index (κ1) is 12.8. The Kier molecular flexibility index (Phi) is 3.03. The maximum absolute atomic E-state index is 12.4. The summed E-state index contributed by atoms with van der Waals surface area (Å²) in [6.45, 7) is 0. The zero-order valence-corrected chi connectivity index (χ0v) is 11.8. The van der Waals surface area contributed by atoms with E-state index in [4.69, 9.17) is 5.73 Å². The molecular weight excluding hydrogens is 296 g/mol. The third-order valence-corrected chi connectivity index (χ3v) is 4.87. The van der Waals surface area contributed by atoms with Gasteiger partial charge in [0.2, 0.25) is 5.13 Å². The van der Waals surface area contributed by atoms with Crippen molar-refractivity contribution in [3.8, 4) is 0 Å². The number of nitrogens with zero attached hydrogens (tertiary/aromatic N) is 2. The normalized spacial score (nSPS) is 11.6. The summed E-state index contributed by atoms with van der Waals surface area (Å²) in [6.07, 6.45) is 0. The third kappa shape index (κ3) is 2.30. The van der Waals surface area contributed by atoms with Gasteiger partial charge < -0.3 is 5.73 Å². The molecule has 2 aromatic carbocycles. The molecule has 0 bridgehead atoms. The number of fused-ring (bicyclic) bond motifs is 1. The minimum Gasteiger partial charge on any atom is -0.399 e. The predicted octanol–water partition coefficient (Wildman–Crippen LogP) is 2.07. The topological polar surface area (TPSA) is 98.0 Å². The fourth-order valence-electron chi connectivity index (χ4n) is 1.89. The predicted molar refractivity (Wildman–Crippen MR) is 79.1 cm³/mol. The first-order valence-electron chi connectivity index (χ1n) is 5.63. The van der Waals surface area contributed by atoms with E-state index in [1.807, 2.05) is 6.07 Å². The highest BCUT2D eigenvalue weighted by Gasteiger charge is 2.18. The lowest BCUT2D eigenvalue weighted by Gasteiger charge is -2.08. The van der Waals surface area contributed by atoms with Crippen molar-refractivity contribution in [2.24, 2.45) is 0 Å². The van der Waals surface area contributed by atoms with Gasteiger partial charge in [0.15, 0.2) is 0 Å². The van der Waals surface area contributed by atoms with Crippen LogP contribution in [0.4, 0.5) is 10.8 Å². The average Bonchev–Trinajstić information content (AvgIpc) is 2.89. The van der Waals surface area contributed by atoms with Gasteiger partial charge in [-0.15, -0.1) is 10.2 Å². The highest BCUT2D eigenvalue weighted by Crippen LogP contribution is 2.26. The number of hydrogen-bond acceptors (Lipinski definition) is 6. The minimum atomic E-state index is -3.71. The minimum absolute atomic E-state index is 0.185. The lowest BCUT2D eigenvalue weighted by atomic mass is 10.1. The first-order chi connectivity index (χ1) is 9.56. The van der Waals surface area contributed by atoms with Gasteiger partial charge in [-0.25, -0.2) is 8.42 Å². The zero-order valence-electron chi connectivity index (χ0n) is 10.1. The molecule has 3 aromatic rings. The summed E-state index contributed by atoms with van der Waals surface area (Å²) in [6, 6.07) is 10.1. The fraction of sp³-hybridized carbons (Fsp3) is 0. The molecule has 1 heterocycles. The summed E-state index contributed by atoms with van der Waals surface area (Å²) in [7, 11) is -3.71. The summed E-state index contributed by atoms with van der Waals surface area (Å²) in [5.74, 6) is 0. The number of nitrogens with two attached hydrogens (primary N) is 1. The van der Waals surface area contributed by atoms with Crippen LogP contribution in [0.3, 0.4) is 0 Å². The SMILES string of the molecule is Nc1ccc2c(S(=O)(=O)Nc3nncs3)cccc2c1. The van der Waals surface area contributed by atoms with Crippen molar-refractivity contribution in [1.29, 1.82) is 0 Å². The Morgan fingerprint density at radius 3 is 2.80 bits per heavy atom. The van der Waals surface area contributed by atoms with E-state index in [-0.39, 0.29) is 10.0 Å². The third-order valence-electron chi connectivity index (χ3n) is 2.74. The van der Waals surface area contributed by atoms with Crippen molar-refractivity contribution < 1.29 is 8.42 Å². The molecule has 0 saturated carbocycles. The Bertz CT molecular complexity index is 860. The Balaban J connectivity index is 2.14. The number of hydrogen-bond donors (Lipinski definition) is 2. The molecule has 8 heteroatoms. The zero-order chi connectivity index (χ0) is 14.2. The number of rotatable bonds is 3. The van der Waals surface area contributed by atoms with Crippen molar-refractivity contribution in [2.45, 2.75) is 4.90 Å². The van der Waals surface area contributed by atoms with Crippen molar-refractivity contribution in [2.75, 3.05) is 10.5 Å².